The van der Waals surface area contributed by atoms with Crippen LogP contribution in [0.15, 0.2) is 58.0 Å². The molecule has 0 aliphatic heterocycles. The maximum absolute atomic E-state index is 14.2. The molecule has 1 aromatic carbocycles. The number of rotatable bonds is 3. The molecule has 0 atom stereocenters. The molecule has 0 aliphatic carbocycles. The topological polar surface area (TPSA) is 104 Å². The number of halogens is 2. The zero-order valence-electron chi connectivity index (χ0n) is 13.3. The second kappa shape index (κ2) is 6.29. The molecular formula is C17H8ClFN4O4. The van der Waals surface area contributed by atoms with E-state index in [0.29, 0.717) is 5.02 Å². The minimum Gasteiger partial charge on any atom is -0.406 e. The Kier molecular flexibility index (Phi) is 3.93. The molecule has 4 aromatic rings. The first-order valence-corrected chi connectivity index (χ1v) is 7.89. The van der Waals surface area contributed by atoms with Crippen LogP contribution in [-0.2, 0) is 0 Å². The molecule has 27 heavy (non-hydrogen) atoms. The fourth-order valence-electron chi connectivity index (χ4n) is 2.66. The molecule has 8 nitrogen and oxygen atoms in total. The van der Waals surface area contributed by atoms with Crippen LogP contribution in [0.2, 0.25) is 5.02 Å². The zero-order chi connectivity index (χ0) is 19.1. The van der Waals surface area contributed by atoms with Crippen molar-refractivity contribution >= 4 is 28.5 Å². The van der Waals surface area contributed by atoms with Gasteiger partial charge in [0.05, 0.1) is 29.2 Å². The third kappa shape index (κ3) is 2.93. The van der Waals surface area contributed by atoms with Crippen LogP contribution in [0.3, 0.4) is 0 Å². The van der Waals surface area contributed by atoms with Crippen molar-refractivity contribution in [1.82, 2.24) is 14.5 Å². The van der Waals surface area contributed by atoms with Crippen LogP contribution >= 0.6 is 11.6 Å². The van der Waals surface area contributed by atoms with Crippen molar-refractivity contribution in [3.8, 4) is 16.9 Å². The molecule has 134 valence electrons. The average Bonchev–Trinajstić information content (AvgIpc) is 2.98. The van der Waals surface area contributed by atoms with Crippen LogP contribution in [0.4, 0.5) is 10.2 Å². The van der Waals surface area contributed by atoms with E-state index in [0.717, 1.165) is 10.6 Å². The van der Waals surface area contributed by atoms with Crippen LogP contribution in [0, 0.1) is 15.9 Å². The van der Waals surface area contributed by atoms with Gasteiger partial charge in [-0.3, -0.25) is 4.98 Å². The first kappa shape index (κ1) is 16.9. The summed E-state index contributed by atoms with van der Waals surface area (Å²) in [5, 5.41) is 11.3. The summed E-state index contributed by atoms with van der Waals surface area (Å²) >= 11 is 5.92. The van der Waals surface area contributed by atoms with Gasteiger partial charge in [-0.05, 0) is 34.2 Å². The molecule has 3 heterocycles. The number of hydrogen-bond acceptors (Lipinski definition) is 6. The maximum Gasteiger partial charge on any atom is 0.424 e. The molecule has 4 rings (SSSR count). The zero-order valence-corrected chi connectivity index (χ0v) is 14.1. The average molecular weight is 387 g/mol. The fourth-order valence-corrected chi connectivity index (χ4v) is 2.83. The Bertz CT molecular complexity index is 1270. The van der Waals surface area contributed by atoms with Gasteiger partial charge in [0.15, 0.2) is 5.58 Å². The summed E-state index contributed by atoms with van der Waals surface area (Å²) in [6, 6.07) is 8.02. The molecule has 0 amide bonds. The lowest BCUT2D eigenvalue weighted by atomic mass is 10.1. The largest absolute Gasteiger partial charge is 0.424 e. The number of hydrogen-bond donors (Lipinski definition) is 0. The number of benzene rings is 1. The van der Waals surface area contributed by atoms with Crippen molar-refractivity contribution in [2.24, 2.45) is 0 Å². The third-order valence-electron chi connectivity index (χ3n) is 3.85. The van der Waals surface area contributed by atoms with Gasteiger partial charge in [-0.2, -0.15) is 0 Å². The lowest BCUT2D eigenvalue weighted by Crippen LogP contribution is -2.12. The number of oxazole rings is 1. The van der Waals surface area contributed by atoms with Gasteiger partial charge in [-0.1, -0.05) is 11.6 Å². The van der Waals surface area contributed by atoms with E-state index in [9.17, 15) is 19.3 Å². The standard InChI is InChI=1S/C17H8ClFN4O4/c18-9-1-2-12(19)11(5-9)13-7-14-15(8-21-13)27-17(24)22(14)10-3-4-20-16(6-10)23(25)26/h1-8H. The maximum atomic E-state index is 14.2. The minimum absolute atomic E-state index is 0.144. The molecule has 0 saturated carbocycles. The highest BCUT2D eigenvalue weighted by atomic mass is 35.5. The van der Waals surface area contributed by atoms with E-state index in [1.807, 2.05) is 0 Å². The molecule has 0 saturated heterocycles. The predicted molar refractivity (Wildman–Crippen MR) is 94.5 cm³/mol. The van der Waals surface area contributed by atoms with Gasteiger partial charge in [-0.15, -0.1) is 0 Å². The summed E-state index contributed by atoms with van der Waals surface area (Å²) < 4.78 is 20.4. The molecule has 3 aromatic heterocycles. The Morgan fingerprint density at radius 2 is 2.00 bits per heavy atom. The molecule has 0 unspecified atom stereocenters. The van der Waals surface area contributed by atoms with Crippen molar-refractivity contribution < 1.29 is 13.7 Å². The van der Waals surface area contributed by atoms with E-state index in [2.05, 4.69) is 9.97 Å². The summed E-state index contributed by atoms with van der Waals surface area (Å²) in [4.78, 5) is 30.3. The quantitative estimate of drug-likeness (QED) is 0.392. The van der Waals surface area contributed by atoms with Crippen LogP contribution < -0.4 is 5.76 Å². The van der Waals surface area contributed by atoms with Gasteiger partial charge < -0.3 is 14.5 Å². The molecule has 0 fully saturated rings. The van der Waals surface area contributed by atoms with E-state index in [1.165, 1.54) is 42.7 Å². The fraction of sp³-hybridized carbons (Fsp3) is 0. The monoisotopic (exact) mass is 386 g/mol. The van der Waals surface area contributed by atoms with E-state index in [4.69, 9.17) is 16.0 Å². The lowest BCUT2D eigenvalue weighted by molar-refractivity contribution is -0.389. The highest BCUT2D eigenvalue weighted by Gasteiger charge is 2.17. The van der Waals surface area contributed by atoms with Crippen molar-refractivity contribution in [2.75, 3.05) is 0 Å². The molecular weight excluding hydrogens is 379 g/mol. The van der Waals surface area contributed by atoms with Crippen molar-refractivity contribution in [3.63, 3.8) is 0 Å². The van der Waals surface area contributed by atoms with Gasteiger partial charge in [0.25, 0.3) is 0 Å². The summed E-state index contributed by atoms with van der Waals surface area (Å²) in [6.45, 7) is 0. The Labute approximate surface area is 154 Å². The van der Waals surface area contributed by atoms with Gasteiger partial charge in [0, 0.05) is 16.7 Å². The smallest absolute Gasteiger partial charge is 0.406 e. The van der Waals surface area contributed by atoms with Crippen LogP contribution in [0.25, 0.3) is 28.0 Å². The Morgan fingerprint density at radius 1 is 1.19 bits per heavy atom. The van der Waals surface area contributed by atoms with E-state index >= 15 is 0 Å². The van der Waals surface area contributed by atoms with Gasteiger partial charge in [0.2, 0.25) is 0 Å². The molecule has 0 aliphatic rings. The Morgan fingerprint density at radius 3 is 2.78 bits per heavy atom. The molecule has 0 N–H and O–H groups in total. The van der Waals surface area contributed by atoms with Crippen molar-refractivity contribution in [2.45, 2.75) is 0 Å². The first-order valence-electron chi connectivity index (χ1n) is 7.52. The van der Waals surface area contributed by atoms with Crippen LogP contribution in [-0.4, -0.2) is 19.5 Å². The summed E-state index contributed by atoms with van der Waals surface area (Å²) in [5.74, 6) is -1.73. The molecule has 0 radical (unpaired) electrons. The lowest BCUT2D eigenvalue weighted by Gasteiger charge is -2.05. The third-order valence-corrected chi connectivity index (χ3v) is 4.08. The van der Waals surface area contributed by atoms with Crippen LogP contribution in [0.5, 0.6) is 0 Å². The van der Waals surface area contributed by atoms with Gasteiger partial charge in [0.1, 0.15) is 12.0 Å². The summed E-state index contributed by atoms with van der Waals surface area (Å²) in [6.07, 6.45) is 2.48. The van der Waals surface area contributed by atoms with Gasteiger partial charge in [-0.25, -0.2) is 13.8 Å². The number of fused-ring (bicyclic) bond motifs is 1. The van der Waals surface area contributed by atoms with E-state index < -0.39 is 22.3 Å². The van der Waals surface area contributed by atoms with Crippen molar-refractivity contribution in [3.05, 3.63) is 80.3 Å². The molecule has 0 spiro atoms. The van der Waals surface area contributed by atoms with Gasteiger partial charge >= 0.3 is 11.6 Å². The first-order chi connectivity index (χ1) is 12.9. The molecule has 0 bridgehead atoms. The molecule has 10 heteroatoms. The number of nitro groups is 1. The van der Waals surface area contributed by atoms with E-state index in [-0.39, 0.29) is 28.0 Å². The Hall–Kier alpha value is -3.59. The highest BCUT2D eigenvalue weighted by molar-refractivity contribution is 6.30. The normalized spacial score (nSPS) is 11.0. The van der Waals surface area contributed by atoms with Crippen molar-refractivity contribution in [1.29, 1.82) is 0 Å². The number of aromatic nitrogens is 3. The predicted octanol–water partition coefficient (Wildman–Crippen LogP) is 3.74. The minimum atomic E-state index is -0.768. The Balaban J connectivity index is 1.96. The number of nitrogens with zero attached hydrogens (tertiary/aromatic N) is 4. The van der Waals surface area contributed by atoms with Crippen LogP contribution in [0.1, 0.15) is 0 Å². The second-order valence-electron chi connectivity index (χ2n) is 5.49. The summed E-state index contributed by atoms with van der Waals surface area (Å²) in [7, 11) is 0. The SMILES string of the molecule is O=c1oc2cnc(-c3cc(Cl)ccc3F)cc2n1-c1ccnc([N+](=O)[O-])c1. The number of pyridine rings is 2. The summed E-state index contributed by atoms with van der Waals surface area (Å²) in [5.41, 5.74) is 0.964. The van der Waals surface area contributed by atoms with E-state index in [1.54, 1.807) is 0 Å². The highest BCUT2D eigenvalue weighted by Crippen LogP contribution is 2.28. The second-order valence-corrected chi connectivity index (χ2v) is 5.93.